The molecule has 1 saturated heterocycles. The van der Waals surface area contributed by atoms with Crippen molar-refractivity contribution in [3.8, 4) is 0 Å². The second kappa shape index (κ2) is 2.03. The van der Waals surface area contributed by atoms with E-state index in [-0.39, 0.29) is 0 Å². The molecule has 1 aliphatic rings. The van der Waals surface area contributed by atoms with Gasteiger partial charge < -0.3 is 4.55 Å². The molecule has 41 valence electrons. The van der Waals surface area contributed by atoms with Crippen molar-refractivity contribution in [2.45, 2.75) is 12.5 Å². The van der Waals surface area contributed by atoms with E-state index in [9.17, 15) is 9.66 Å². The number of hydrogen-bond acceptors (Lipinski definition) is 1. The van der Waals surface area contributed by atoms with E-state index in [1.54, 1.807) is 0 Å². The van der Waals surface area contributed by atoms with Gasteiger partial charge >= 0.3 is 0 Å². The van der Waals surface area contributed by atoms with Crippen molar-refractivity contribution in [3.05, 3.63) is 0 Å². The first-order valence-corrected chi connectivity index (χ1v) is 3.78. The molecule has 0 N–H and O–H groups in total. The van der Waals surface area contributed by atoms with Crippen LogP contribution in [0.5, 0.6) is 0 Å². The summed E-state index contributed by atoms with van der Waals surface area (Å²) in [6.07, 6.45) is 0.0907. The van der Waals surface area contributed by atoms with Gasteiger partial charge in [0.1, 0.15) is 17.6 Å². The molecule has 1 rings (SSSR count). The maximum absolute atomic E-state index is 10.4. The molecule has 1 aliphatic heterocycles. The van der Waals surface area contributed by atoms with Gasteiger partial charge in [0.15, 0.2) is 0 Å². The van der Waals surface area contributed by atoms with Crippen LogP contribution in [-0.4, -0.2) is 22.2 Å². The maximum Gasteiger partial charge on any atom is 0.142 e. The van der Waals surface area contributed by atoms with Crippen LogP contribution in [0.3, 0.4) is 0 Å². The lowest BCUT2D eigenvalue weighted by Gasteiger charge is -1.97. The lowest BCUT2D eigenvalue weighted by atomic mass is 10.3. The standard InChI is InChI=1S/C4H7O2S/c5-4-1-2-7(6)3-4/h4H,1-3H2. The third-order valence-corrected chi connectivity index (χ3v) is 2.47. The zero-order valence-electron chi connectivity index (χ0n) is 3.92. The van der Waals surface area contributed by atoms with Crippen LogP contribution in [0.4, 0.5) is 0 Å². The molecule has 1 fully saturated rings. The summed E-state index contributed by atoms with van der Waals surface area (Å²) in [5.74, 6) is 1.02. The lowest BCUT2D eigenvalue weighted by Crippen LogP contribution is -2.06. The molecule has 2 unspecified atom stereocenters. The van der Waals surface area contributed by atoms with Crippen LogP contribution < -0.4 is 0 Å². The first-order chi connectivity index (χ1) is 3.29. The summed E-state index contributed by atoms with van der Waals surface area (Å²) in [5, 5.41) is 10.3. The van der Waals surface area contributed by atoms with Gasteiger partial charge in [-0.1, -0.05) is 11.2 Å². The zero-order valence-corrected chi connectivity index (χ0v) is 4.74. The summed E-state index contributed by atoms with van der Waals surface area (Å²) in [6.45, 7) is 0. The summed E-state index contributed by atoms with van der Waals surface area (Å²) < 4.78 is 10.4. The van der Waals surface area contributed by atoms with Gasteiger partial charge in [-0.2, -0.15) is 0 Å². The highest BCUT2D eigenvalue weighted by Crippen LogP contribution is 2.10. The van der Waals surface area contributed by atoms with E-state index in [1.165, 1.54) is 0 Å². The Labute approximate surface area is 45.7 Å². The lowest BCUT2D eigenvalue weighted by molar-refractivity contribution is 0.112. The van der Waals surface area contributed by atoms with Gasteiger partial charge in [0.25, 0.3) is 0 Å². The molecular formula is C4H7O2S. The molecule has 1 radical (unpaired) electrons. The number of hydrogen-bond donors (Lipinski definition) is 0. The average Bonchev–Trinajstić information content (AvgIpc) is 1.87. The third-order valence-electron chi connectivity index (χ3n) is 1.04. The fraction of sp³-hybridized carbons (Fsp3) is 1.00. The van der Waals surface area contributed by atoms with Gasteiger partial charge in [-0.25, -0.2) is 5.11 Å². The van der Waals surface area contributed by atoms with E-state index in [0.717, 1.165) is 0 Å². The van der Waals surface area contributed by atoms with Gasteiger partial charge in [-0.05, 0) is 0 Å². The molecule has 0 spiro atoms. The summed E-state index contributed by atoms with van der Waals surface area (Å²) in [7, 11) is 0. The van der Waals surface area contributed by atoms with Gasteiger partial charge in [0, 0.05) is 6.42 Å². The quantitative estimate of drug-likeness (QED) is 0.412. The molecule has 0 bridgehead atoms. The van der Waals surface area contributed by atoms with Crippen LogP contribution in [0.25, 0.3) is 0 Å². The molecule has 0 aromatic heterocycles. The normalized spacial score (nSPS) is 42.0. The molecule has 1 heterocycles. The first kappa shape index (κ1) is 5.41. The molecule has 0 saturated carbocycles. The highest BCUT2D eigenvalue weighted by molar-refractivity contribution is 7.91. The summed E-state index contributed by atoms with van der Waals surface area (Å²) in [6, 6.07) is 0. The fourth-order valence-corrected chi connectivity index (χ4v) is 1.91. The third kappa shape index (κ3) is 1.33. The van der Waals surface area contributed by atoms with Crippen LogP contribution in [0.2, 0.25) is 0 Å². The fourth-order valence-electron chi connectivity index (χ4n) is 0.637. The summed E-state index contributed by atoms with van der Waals surface area (Å²) >= 11 is -0.765. The van der Waals surface area contributed by atoms with Crippen LogP contribution >= 0.6 is 0 Å². The van der Waals surface area contributed by atoms with Crippen LogP contribution in [0.15, 0.2) is 0 Å². The van der Waals surface area contributed by atoms with Crippen molar-refractivity contribution >= 4 is 11.2 Å². The topological polar surface area (TPSA) is 43.0 Å². The van der Waals surface area contributed by atoms with Crippen molar-refractivity contribution in [1.82, 2.24) is 0 Å². The van der Waals surface area contributed by atoms with E-state index in [0.29, 0.717) is 17.9 Å². The monoisotopic (exact) mass is 119 g/mol. The molecule has 3 heteroatoms. The molecule has 0 amide bonds. The first-order valence-electron chi connectivity index (χ1n) is 2.30. The van der Waals surface area contributed by atoms with Crippen molar-refractivity contribution in [3.63, 3.8) is 0 Å². The van der Waals surface area contributed by atoms with Crippen molar-refractivity contribution < 1.29 is 9.66 Å². The van der Waals surface area contributed by atoms with Crippen molar-refractivity contribution in [2.24, 2.45) is 0 Å². The zero-order chi connectivity index (χ0) is 5.28. The van der Waals surface area contributed by atoms with Gasteiger partial charge in [0.05, 0.1) is 0 Å². The smallest absolute Gasteiger partial charge is 0.142 e. The molecular weight excluding hydrogens is 112 g/mol. The Hall–Kier alpha value is 0.270. The molecule has 7 heavy (non-hydrogen) atoms. The van der Waals surface area contributed by atoms with E-state index >= 15 is 0 Å². The summed E-state index contributed by atoms with van der Waals surface area (Å²) in [4.78, 5) is 0. The summed E-state index contributed by atoms with van der Waals surface area (Å²) in [5.41, 5.74) is 0. The Bertz CT molecular complexity index is 58.7. The highest BCUT2D eigenvalue weighted by Gasteiger charge is 2.24. The Balaban J connectivity index is 2.26. The molecule has 0 aromatic carbocycles. The second-order valence-corrected chi connectivity index (χ2v) is 3.34. The minimum Gasteiger partial charge on any atom is -0.616 e. The maximum atomic E-state index is 10.4. The van der Waals surface area contributed by atoms with Crippen molar-refractivity contribution in [1.29, 1.82) is 0 Å². The minimum atomic E-state index is -0.765. The van der Waals surface area contributed by atoms with Gasteiger partial charge in [-0.3, -0.25) is 0 Å². The van der Waals surface area contributed by atoms with E-state index in [1.807, 2.05) is 0 Å². The predicted molar refractivity (Wildman–Crippen MR) is 27.0 cm³/mol. The van der Waals surface area contributed by atoms with E-state index in [4.69, 9.17) is 0 Å². The molecule has 2 nitrogen and oxygen atoms in total. The Morgan fingerprint density at radius 3 is 2.57 bits per heavy atom. The van der Waals surface area contributed by atoms with E-state index in [2.05, 4.69) is 0 Å². The second-order valence-electron chi connectivity index (χ2n) is 1.72. The van der Waals surface area contributed by atoms with Crippen LogP contribution in [0.1, 0.15) is 6.42 Å². The van der Waals surface area contributed by atoms with E-state index < -0.39 is 17.3 Å². The molecule has 0 aliphatic carbocycles. The Kier molecular flexibility index (Phi) is 1.57. The SMILES string of the molecule is [O]C1CC[S+]([O-])C1. The number of rotatable bonds is 0. The predicted octanol–water partition coefficient (Wildman–Crippen LogP) is -0.0621. The average molecular weight is 119 g/mol. The Morgan fingerprint density at radius 2 is 2.43 bits per heavy atom. The van der Waals surface area contributed by atoms with Crippen LogP contribution in [-0.2, 0) is 16.3 Å². The van der Waals surface area contributed by atoms with Gasteiger partial charge in [-0.15, -0.1) is 0 Å². The molecule has 0 aromatic rings. The van der Waals surface area contributed by atoms with Gasteiger partial charge in [0.2, 0.25) is 0 Å². The molecule has 2 atom stereocenters. The largest absolute Gasteiger partial charge is 0.616 e. The minimum absolute atomic E-state index is 0.389. The highest BCUT2D eigenvalue weighted by atomic mass is 32.2. The van der Waals surface area contributed by atoms with Crippen LogP contribution in [0, 0.1) is 0 Å². The van der Waals surface area contributed by atoms with Crippen molar-refractivity contribution in [2.75, 3.05) is 11.5 Å². The Morgan fingerprint density at radius 1 is 1.71 bits per heavy atom.